The van der Waals surface area contributed by atoms with Gasteiger partial charge in [0.1, 0.15) is 0 Å². The number of carbonyl (C=O) groups excluding carboxylic acids is 1. The minimum atomic E-state index is 0.0115. The summed E-state index contributed by atoms with van der Waals surface area (Å²) in [5.74, 6) is 0.0115. The molecule has 2 N–H and O–H groups in total. The van der Waals surface area contributed by atoms with E-state index in [1.165, 1.54) is 0 Å². The Morgan fingerprint density at radius 2 is 2.10 bits per heavy atom. The highest BCUT2D eigenvalue weighted by Crippen LogP contribution is 2.17. The molecule has 2 rings (SSSR count). The highest BCUT2D eigenvalue weighted by molar-refractivity contribution is 6.06. The first kappa shape index (κ1) is 15.6. The van der Waals surface area contributed by atoms with Crippen molar-refractivity contribution in [3.63, 3.8) is 0 Å². The van der Waals surface area contributed by atoms with Crippen molar-refractivity contribution >= 4 is 16.8 Å². The van der Waals surface area contributed by atoms with E-state index >= 15 is 0 Å². The zero-order valence-electron chi connectivity index (χ0n) is 13.1. The molecule has 0 saturated heterocycles. The van der Waals surface area contributed by atoms with Gasteiger partial charge in [0.15, 0.2) is 0 Å². The number of hydrogen-bond donors (Lipinski definition) is 2. The second kappa shape index (κ2) is 7.27. The molecule has 0 aliphatic heterocycles. The molecule has 0 aliphatic carbocycles. The van der Waals surface area contributed by atoms with E-state index in [0.717, 1.165) is 42.4 Å². The molecule has 0 fully saturated rings. The van der Waals surface area contributed by atoms with Crippen LogP contribution in [0.1, 0.15) is 37.0 Å². The lowest BCUT2D eigenvalue weighted by molar-refractivity contribution is 0.0954. The second-order valence-electron chi connectivity index (χ2n) is 5.78. The number of rotatable bonds is 7. The van der Waals surface area contributed by atoms with Gasteiger partial charge in [0.25, 0.3) is 5.91 Å². The molecule has 21 heavy (non-hydrogen) atoms. The SMILES string of the molecule is CC(C)N(C)CCCCNC(=O)c1cccc2[nH]ccc12. The van der Waals surface area contributed by atoms with Crippen molar-refractivity contribution in [3.05, 3.63) is 36.0 Å². The first-order valence-electron chi connectivity index (χ1n) is 7.64. The quantitative estimate of drug-likeness (QED) is 0.769. The molecular formula is C17H25N3O. The van der Waals surface area contributed by atoms with Gasteiger partial charge in [0.2, 0.25) is 0 Å². The van der Waals surface area contributed by atoms with Crippen LogP contribution in [0.3, 0.4) is 0 Å². The van der Waals surface area contributed by atoms with E-state index in [9.17, 15) is 4.79 Å². The minimum Gasteiger partial charge on any atom is -0.361 e. The first-order valence-corrected chi connectivity index (χ1v) is 7.64. The number of amides is 1. The Balaban J connectivity index is 1.79. The summed E-state index contributed by atoms with van der Waals surface area (Å²) >= 11 is 0. The maximum absolute atomic E-state index is 12.2. The molecule has 0 saturated carbocycles. The van der Waals surface area contributed by atoms with Gasteiger partial charge in [-0.15, -0.1) is 0 Å². The predicted octanol–water partition coefficient (Wildman–Crippen LogP) is 3.02. The summed E-state index contributed by atoms with van der Waals surface area (Å²) < 4.78 is 0. The van der Waals surface area contributed by atoms with Crippen LogP contribution >= 0.6 is 0 Å². The van der Waals surface area contributed by atoms with E-state index in [-0.39, 0.29) is 5.91 Å². The summed E-state index contributed by atoms with van der Waals surface area (Å²) in [7, 11) is 2.13. The number of fused-ring (bicyclic) bond motifs is 1. The lowest BCUT2D eigenvalue weighted by Gasteiger charge is -2.20. The third kappa shape index (κ3) is 4.08. The monoisotopic (exact) mass is 287 g/mol. The van der Waals surface area contributed by atoms with Crippen LogP contribution in [0.5, 0.6) is 0 Å². The maximum atomic E-state index is 12.2. The number of nitrogens with one attached hydrogen (secondary N) is 2. The number of hydrogen-bond acceptors (Lipinski definition) is 2. The Labute approximate surface area is 126 Å². The lowest BCUT2D eigenvalue weighted by Crippen LogP contribution is -2.29. The van der Waals surface area contributed by atoms with Crippen LogP contribution in [0.15, 0.2) is 30.5 Å². The average Bonchev–Trinajstić information content (AvgIpc) is 2.94. The number of H-pyrrole nitrogens is 1. The molecule has 0 radical (unpaired) electrons. The fourth-order valence-electron chi connectivity index (χ4n) is 2.32. The molecule has 1 heterocycles. The van der Waals surface area contributed by atoms with Crippen molar-refractivity contribution in [3.8, 4) is 0 Å². The maximum Gasteiger partial charge on any atom is 0.251 e. The Kier molecular flexibility index (Phi) is 5.39. The highest BCUT2D eigenvalue weighted by atomic mass is 16.1. The normalized spacial score (nSPS) is 11.5. The number of carbonyl (C=O) groups is 1. The molecule has 0 spiro atoms. The molecule has 4 heteroatoms. The molecule has 0 bridgehead atoms. The number of benzene rings is 1. The minimum absolute atomic E-state index is 0.0115. The van der Waals surface area contributed by atoms with Crippen molar-refractivity contribution in [1.29, 1.82) is 0 Å². The second-order valence-corrected chi connectivity index (χ2v) is 5.78. The fourth-order valence-corrected chi connectivity index (χ4v) is 2.32. The van der Waals surface area contributed by atoms with Gasteiger partial charge in [-0.1, -0.05) is 6.07 Å². The predicted molar refractivity (Wildman–Crippen MR) is 87.6 cm³/mol. The molecular weight excluding hydrogens is 262 g/mol. The van der Waals surface area contributed by atoms with Crippen molar-refractivity contribution in [2.24, 2.45) is 0 Å². The number of unbranched alkanes of at least 4 members (excludes halogenated alkanes) is 1. The van der Waals surface area contributed by atoms with Crippen molar-refractivity contribution in [2.45, 2.75) is 32.7 Å². The van der Waals surface area contributed by atoms with Crippen molar-refractivity contribution < 1.29 is 4.79 Å². The van der Waals surface area contributed by atoms with Crippen molar-refractivity contribution in [1.82, 2.24) is 15.2 Å². The van der Waals surface area contributed by atoms with Crippen LogP contribution < -0.4 is 5.32 Å². The molecule has 4 nitrogen and oxygen atoms in total. The molecule has 0 unspecified atom stereocenters. The Morgan fingerprint density at radius 1 is 1.29 bits per heavy atom. The van der Waals surface area contributed by atoms with E-state index in [1.807, 2.05) is 30.5 Å². The topological polar surface area (TPSA) is 48.1 Å². The molecule has 114 valence electrons. The summed E-state index contributed by atoms with van der Waals surface area (Å²) in [5.41, 5.74) is 1.74. The van der Waals surface area contributed by atoms with E-state index in [4.69, 9.17) is 0 Å². The molecule has 0 aliphatic rings. The third-order valence-corrected chi connectivity index (χ3v) is 3.94. The van der Waals surface area contributed by atoms with Gasteiger partial charge in [-0.25, -0.2) is 0 Å². The summed E-state index contributed by atoms with van der Waals surface area (Å²) in [6.45, 7) is 6.19. The number of aromatic nitrogens is 1. The van der Waals surface area contributed by atoms with Gasteiger partial charge in [0, 0.05) is 35.2 Å². The van der Waals surface area contributed by atoms with E-state index in [0.29, 0.717) is 6.04 Å². The number of aromatic amines is 1. The Hall–Kier alpha value is -1.81. The standard InChI is InChI=1S/C17H25N3O/c1-13(2)20(3)12-5-4-10-19-17(21)15-7-6-8-16-14(15)9-11-18-16/h6-9,11,13,18H,4-5,10,12H2,1-3H3,(H,19,21). The molecule has 0 atom stereocenters. The van der Waals surface area contributed by atoms with Crippen LogP contribution in [0.2, 0.25) is 0 Å². The van der Waals surface area contributed by atoms with E-state index < -0.39 is 0 Å². The van der Waals surface area contributed by atoms with Gasteiger partial charge in [-0.3, -0.25) is 4.79 Å². The first-order chi connectivity index (χ1) is 10.1. The Morgan fingerprint density at radius 3 is 2.86 bits per heavy atom. The molecule has 2 aromatic rings. The molecule has 1 aromatic carbocycles. The van der Waals surface area contributed by atoms with Gasteiger partial charge < -0.3 is 15.2 Å². The molecule has 1 amide bonds. The van der Waals surface area contributed by atoms with Gasteiger partial charge in [-0.2, -0.15) is 0 Å². The smallest absolute Gasteiger partial charge is 0.251 e. The average molecular weight is 287 g/mol. The lowest BCUT2D eigenvalue weighted by atomic mass is 10.1. The van der Waals surface area contributed by atoms with E-state index in [1.54, 1.807) is 0 Å². The van der Waals surface area contributed by atoms with Crippen LogP contribution in [-0.4, -0.2) is 42.0 Å². The van der Waals surface area contributed by atoms with Gasteiger partial charge in [-0.05, 0) is 58.5 Å². The fraction of sp³-hybridized carbons (Fsp3) is 0.471. The highest BCUT2D eigenvalue weighted by Gasteiger charge is 2.09. The molecule has 1 aromatic heterocycles. The summed E-state index contributed by atoms with van der Waals surface area (Å²) in [4.78, 5) is 17.7. The van der Waals surface area contributed by atoms with Crippen LogP contribution in [0.25, 0.3) is 10.9 Å². The van der Waals surface area contributed by atoms with Crippen molar-refractivity contribution in [2.75, 3.05) is 20.1 Å². The largest absolute Gasteiger partial charge is 0.361 e. The summed E-state index contributed by atoms with van der Waals surface area (Å²) in [6.07, 6.45) is 3.97. The van der Waals surface area contributed by atoms with E-state index in [2.05, 4.69) is 36.1 Å². The zero-order valence-corrected chi connectivity index (χ0v) is 13.1. The Bertz CT molecular complexity index is 588. The zero-order chi connectivity index (χ0) is 15.2. The van der Waals surface area contributed by atoms with Gasteiger partial charge in [0.05, 0.1) is 0 Å². The number of nitrogens with zero attached hydrogens (tertiary/aromatic N) is 1. The summed E-state index contributed by atoms with van der Waals surface area (Å²) in [6, 6.07) is 8.28. The third-order valence-electron chi connectivity index (χ3n) is 3.94. The van der Waals surface area contributed by atoms with Crippen LogP contribution in [0.4, 0.5) is 0 Å². The van der Waals surface area contributed by atoms with Gasteiger partial charge >= 0.3 is 0 Å². The van der Waals surface area contributed by atoms with Crippen LogP contribution in [0, 0.1) is 0 Å². The summed E-state index contributed by atoms with van der Waals surface area (Å²) in [5, 5.41) is 3.99. The van der Waals surface area contributed by atoms with Crippen LogP contribution in [-0.2, 0) is 0 Å².